The van der Waals surface area contributed by atoms with E-state index in [1.54, 1.807) is 19.1 Å². The maximum Gasteiger partial charge on any atom is 0.302 e. The minimum absolute atomic E-state index is 0. The third-order valence-electron chi connectivity index (χ3n) is 3.06. The molecule has 1 heterocycles. The van der Waals surface area contributed by atoms with Gasteiger partial charge in [-0.25, -0.2) is 0 Å². The predicted octanol–water partition coefficient (Wildman–Crippen LogP) is -3.44. The van der Waals surface area contributed by atoms with Crippen LogP contribution in [0.15, 0.2) is 24.3 Å². The zero-order valence-corrected chi connectivity index (χ0v) is 13.8. The molecule has 110 valence electrons. The number of benzene rings is 1. The molecule has 0 saturated carbocycles. The smallest absolute Gasteiger partial charge is 0.302 e. The Balaban J connectivity index is 0.00000200. The number of amidine groups is 1. The summed E-state index contributed by atoms with van der Waals surface area (Å²) in [5, 5.41) is 0.476. The van der Waals surface area contributed by atoms with Crippen molar-refractivity contribution in [3.63, 3.8) is 0 Å². The summed E-state index contributed by atoms with van der Waals surface area (Å²) < 4.78 is 5.11. The number of thioether (sulfide) groups is 1. The van der Waals surface area contributed by atoms with E-state index >= 15 is 0 Å². The highest BCUT2D eigenvalue weighted by molar-refractivity contribution is 8.14. The van der Waals surface area contributed by atoms with Gasteiger partial charge >= 0.3 is 5.17 Å². The minimum Gasteiger partial charge on any atom is -1.00 e. The average Bonchev–Trinajstić information content (AvgIpc) is 2.80. The lowest BCUT2D eigenvalue weighted by Crippen LogP contribution is -3.00. The summed E-state index contributed by atoms with van der Waals surface area (Å²) in [7, 11) is 3.38. The van der Waals surface area contributed by atoms with E-state index in [4.69, 9.17) is 10.5 Å². The van der Waals surface area contributed by atoms with Gasteiger partial charge in [0.2, 0.25) is 5.91 Å². The van der Waals surface area contributed by atoms with Crippen molar-refractivity contribution in [1.29, 1.82) is 0 Å². The Morgan fingerprint density at radius 3 is 2.65 bits per heavy atom. The van der Waals surface area contributed by atoms with Gasteiger partial charge < -0.3 is 26.6 Å². The Kier molecular flexibility index (Phi) is 6.35. The fraction of sp³-hybridized carbons (Fsp3) is 0.385. The molecule has 0 spiro atoms. The molecule has 0 aromatic heterocycles. The van der Waals surface area contributed by atoms with E-state index in [2.05, 4.69) is 4.99 Å². The normalized spacial score (nSPS) is 18.9. The first kappa shape index (κ1) is 16.8. The lowest BCUT2D eigenvalue weighted by Gasteiger charge is -2.16. The number of anilines is 1. The van der Waals surface area contributed by atoms with Gasteiger partial charge in [-0.05, 0) is 42.4 Å². The Hall–Kier alpha value is -1.21. The average molecular weight is 360 g/mol. The van der Waals surface area contributed by atoms with Gasteiger partial charge in [0.25, 0.3) is 0 Å². The summed E-state index contributed by atoms with van der Waals surface area (Å²) in [6, 6.07) is 7.51. The lowest BCUT2D eigenvalue weighted by molar-refractivity contribution is -0.417. The number of ether oxygens (including phenoxy) is 1. The van der Waals surface area contributed by atoms with Gasteiger partial charge in [0.05, 0.1) is 19.4 Å². The third kappa shape index (κ3) is 3.67. The van der Waals surface area contributed by atoms with E-state index in [9.17, 15) is 4.79 Å². The monoisotopic (exact) mass is 359 g/mol. The summed E-state index contributed by atoms with van der Waals surface area (Å²) in [5.74, 6) is 0.891. The van der Waals surface area contributed by atoms with Gasteiger partial charge in [-0.3, -0.25) is 15.5 Å². The van der Waals surface area contributed by atoms with Crippen LogP contribution in [0.5, 0.6) is 5.75 Å². The molecule has 0 aliphatic carbocycles. The molecule has 1 aromatic rings. The van der Waals surface area contributed by atoms with Gasteiger partial charge in [-0.1, -0.05) is 0 Å². The van der Waals surface area contributed by atoms with E-state index in [0.717, 1.165) is 24.4 Å². The minimum atomic E-state index is -0.102. The number of hydrogen-bond acceptors (Lipinski definition) is 3. The highest BCUT2D eigenvalue weighted by atomic mass is 79.9. The van der Waals surface area contributed by atoms with E-state index in [0.29, 0.717) is 5.17 Å². The maximum absolute atomic E-state index is 12.3. The standard InChI is InChI=1S/C13H17N3O2S.BrH/c1-15-13(14)19-11-7-8-16(12(11)17)9-3-5-10(18-2)6-4-9;/h3-6,11H,7-8H2,1-2H3,(H2,14,15);1H. The summed E-state index contributed by atoms with van der Waals surface area (Å²) >= 11 is 1.39. The highest BCUT2D eigenvalue weighted by Gasteiger charge is 2.34. The Morgan fingerprint density at radius 2 is 2.10 bits per heavy atom. The van der Waals surface area contributed by atoms with Crippen molar-refractivity contribution in [3.8, 4) is 5.75 Å². The molecular formula is C13H18BrN3O2S. The highest BCUT2D eigenvalue weighted by Crippen LogP contribution is 2.28. The van der Waals surface area contributed by atoms with Crippen LogP contribution < -0.4 is 37.3 Å². The number of nitrogens with two attached hydrogens (primary N) is 1. The summed E-state index contributed by atoms with van der Waals surface area (Å²) in [6.07, 6.45) is 0.803. The number of halogens is 1. The summed E-state index contributed by atoms with van der Waals surface area (Å²) in [5.41, 5.74) is 6.62. The van der Waals surface area contributed by atoms with E-state index in [1.807, 2.05) is 24.3 Å². The number of nitrogens with zero attached hydrogens (tertiary/aromatic N) is 1. The second-order valence-electron chi connectivity index (χ2n) is 4.20. The van der Waals surface area contributed by atoms with E-state index in [-0.39, 0.29) is 28.1 Å². The lowest BCUT2D eigenvalue weighted by atomic mass is 10.3. The molecule has 20 heavy (non-hydrogen) atoms. The van der Waals surface area contributed by atoms with Crippen LogP contribution in [0.25, 0.3) is 0 Å². The third-order valence-corrected chi connectivity index (χ3v) is 4.24. The van der Waals surface area contributed by atoms with Crippen molar-refractivity contribution in [2.24, 2.45) is 5.73 Å². The largest absolute Gasteiger partial charge is 1.00 e. The summed E-state index contributed by atoms with van der Waals surface area (Å²) in [4.78, 5) is 16.9. The second-order valence-corrected chi connectivity index (χ2v) is 5.44. The fourth-order valence-corrected chi connectivity index (χ4v) is 2.87. The summed E-state index contributed by atoms with van der Waals surface area (Å²) in [6.45, 7) is 0.722. The first-order valence-electron chi connectivity index (χ1n) is 6.08. The SMILES string of the molecule is C[NH+]=C(N)SC1CCN(c2ccc(OC)cc2)C1=O.[Br-]. The molecule has 1 aliphatic heterocycles. The Bertz CT molecular complexity index is 493. The van der Waals surface area contributed by atoms with Gasteiger partial charge in [-0.15, -0.1) is 0 Å². The molecule has 1 atom stereocenters. The Labute approximate surface area is 133 Å². The number of carbonyl (C=O) groups excluding carboxylic acids is 1. The van der Waals surface area contributed by atoms with E-state index in [1.165, 1.54) is 11.8 Å². The number of carbonyl (C=O) groups is 1. The zero-order valence-electron chi connectivity index (χ0n) is 11.4. The van der Waals surface area contributed by atoms with Gasteiger partial charge in [0.1, 0.15) is 5.75 Å². The first-order valence-corrected chi connectivity index (χ1v) is 6.96. The van der Waals surface area contributed by atoms with Crippen molar-refractivity contribution in [3.05, 3.63) is 24.3 Å². The molecule has 1 aliphatic rings. The van der Waals surface area contributed by atoms with Crippen LogP contribution in [0.1, 0.15) is 6.42 Å². The molecule has 0 bridgehead atoms. The first-order chi connectivity index (χ1) is 9.15. The van der Waals surface area contributed by atoms with Crippen LogP contribution in [0, 0.1) is 0 Å². The number of rotatable bonds is 3. The predicted molar refractivity (Wildman–Crippen MR) is 77.4 cm³/mol. The van der Waals surface area contributed by atoms with Gasteiger partial charge in [-0.2, -0.15) is 0 Å². The van der Waals surface area contributed by atoms with Crippen molar-refractivity contribution in [2.75, 3.05) is 25.6 Å². The van der Waals surface area contributed by atoms with Crippen molar-refractivity contribution in [2.45, 2.75) is 11.7 Å². The van der Waals surface area contributed by atoms with Crippen LogP contribution in [0.3, 0.4) is 0 Å². The van der Waals surface area contributed by atoms with Crippen molar-refractivity contribution < 1.29 is 31.5 Å². The number of hydrogen-bond donors (Lipinski definition) is 2. The van der Waals surface area contributed by atoms with E-state index < -0.39 is 0 Å². The number of methoxy groups -OCH3 is 1. The van der Waals surface area contributed by atoms with Crippen molar-refractivity contribution >= 4 is 28.5 Å². The second kappa shape index (κ2) is 7.54. The molecule has 1 saturated heterocycles. The topological polar surface area (TPSA) is 69.5 Å². The quantitative estimate of drug-likeness (QED) is 0.435. The number of amides is 1. The van der Waals surface area contributed by atoms with Gasteiger partial charge in [0.15, 0.2) is 0 Å². The van der Waals surface area contributed by atoms with Crippen LogP contribution >= 0.6 is 11.8 Å². The van der Waals surface area contributed by atoms with Gasteiger partial charge in [0, 0.05) is 12.2 Å². The molecule has 7 heteroatoms. The molecule has 5 nitrogen and oxygen atoms in total. The molecule has 1 aromatic carbocycles. The Morgan fingerprint density at radius 1 is 1.45 bits per heavy atom. The molecular weight excluding hydrogens is 342 g/mol. The molecule has 1 fully saturated rings. The molecule has 2 rings (SSSR count). The van der Waals surface area contributed by atoms with Crippen LogP contribution in [-0.4, -0.2) is 37.0 Å². The van der Waals surface area contributed by atoms with Crippen LogP contribution in [0.2, 0.25) is 0 Å². The maximum atomic E-state index is 12.3. The van der Waals surface area contributed by atoms with Crippen LogP contribution in [-0.2, 0) is 4.79 Å². The number of nitrogens with one attached hydrogen (secondary N) is 1. The fourth-order valence-electron chi connectivity index (χ4n) is 1.99. The molecule has 3 N–H and O–H groups in total. The zero-order chi connectivity index (χ0) is 13.8. The molecule has 0 radical (unpaired) electrons. The molecule has 1 unspecified atom stereocenters. The molecule has 1 amide bonds. The van der Waals surface area contributed by atoms with Crippen LogP contribution in [0.4, 0.5) is 5.69 Å². The van der Waals surface area contributed by atoms with Crippen molar-refractivity contribution in [1.82, 2.24) is 0 Å².